The zero-order chi connectivity index (χ0) is 21.5. The van der Waals surface area contributed by atoms with Gasteiger partial charge in [-0.15, -0.1) is 0 Å². The van der Waals surface area contributed by atoms with Gasteiger partial charge in [-0.05, 0) is 49.8 Å². The lowest BCUT2D eigenvalue weighted by Crippen LogP contribution is -2.33. The van der Waals surface area contributed by atoms with Crippen LogP contribution in [0.4, 0.5) is 23.3 Å². The number of nitrogens with zero attached hydrogens (tertiary/aromatic N) is 4. The number of allylic oxidation sites excluding steroid dienone is 2. The minimum atomic E-state index is -0.231. The number of ketones is 1. The summed E-state index contributed by atoms with van der Waals surface area (Å²) in [6.07, 6.45) is 5.85. The molecule has 162 valence electrons. The van der Waals surface area contributed by atoms with Crippen molar-refractivity contribution < 1.29 is 4.79 Å². The molecule has 1 saturated heterocycles. The Hall–Kier alpha value is -3.09. The molecular weight excluding hydrogens is 388 g/mol. The zero-order valence-electron chi connectivity index (χ0n) is 18.3. The lowest BCUT2D eigenvalue weighted by molar-refractivity contribution is -0.116. The van der Waals surface area contributed by atoms with Crippen molar-refractivity contribution >= 4 is 29.1 Å². The average molecular weight is 419 g/mol. The van der Waals surface area contributed by atoms with Gasteiger partial charge in [0.15, 0.2) is 5.78 Å². The second-order valence-corrected chi connectivity index (χ2v) is 8.93. The van der Waals surface area contributed by atoms with Crippen LogP contribution in [0.3, 0.4) is 0 Å². The molecule has 1 aromatic carbocycles. The number of Topliss-reactive ketones (excluding diaryl/α,β-unsaturated/α-hetero) is 1. The van der Waals surface area contributed by atoms with Gasteiger partial charge in [-0.3, -0.25) is 4.79 Å². The van der Waals surface area contributed by atoms with Gasteiger partial charge in [0.25, 0.3) is 0 Å². The third-order valence-corrected chi connectivity index (χ3v) is 6.65. The summed E-state index contributed by atoms with van der Waals surface area (Å²) in [5.41, 5.74) is 11.4. The van der Waals surface area contributed by atoms with Crippen LogP contribution < -0.4 is 20.9 Å². The molecule has 1 fully saturated rings. The molecule has 0 amide bonds. The number of hydrogen-bond acceptors (Lipinski definition) is 7. The number of nitrogens with one attached hydrogen (secondary N) is 1. The summed E-state index contributed by atoms with van der Waals surface area (Å²) in [7, 11) is 4.04. The highest BCUT2D eigenvalue weighted by Gasteiger charge is 2.38. The van der Waals surface area contributed by atoms with Crippen LogP contribution >= 0.6 is 0 Å². The van der Waals surface area contributed by atoms with E-state index >= 15 is 0 Å². The van der Waals surface area contributed by atoms with Gasteiger partial charge >= 0.3 is 0 Å². The lowest BCUT2D eigenvalue weighted by atomic mass is 9.76. The van der Waals surface area contributed by atoms with Crippen LogP contribution in [0.15, 0.2) is 35.5 Å². The van der Waals surface area contributed by atoms with E-state index in [9.17, 15) is 4.79 Å². The van der Waals surface area contributed by atoms with E-state index in [1.54, 1.807) is 0 Å². The Bertz CT molecular complexity index is 1040. The van der Waals surface area contributed by atoms with E-state index in [4.69, 9.17) is 15.7 Å². The highest BCUT2D eigenvalue weighted by Crippen LogP contribution is 2.47. The van der Waals surface area contributed by atoms with E-state index in [1.165, 1.54) is 6.42 Å². The molecule has 2 aromatic rings. The fraction of sp³-hybridized carbons (Fsp3) is 0.458. The summed E-state index contributed by atoms with van der Waals surface area (Å²) < 4.78 is 0. The van der Waals surface area contributed by atoms with Gasteiger partial charge < -0.3 is 20.9 Å². The molecule has 0 saturated carbocycles. The van der Waals surface area contributed by atoms with Crippen molar-refractivity contribution in [2.75, 3.05) is 48.0 Å². The molecule has 1 aliphatic carbocycles. The molecule has 2 aliphatic heterocycles. The summed E-state index contributed by atoms with van der Waals surface area (Å²) in [5.74, 6) is 1.87. The maximum atomic E-state index is 13.0. The predicted molar refractivity (Wildman–Crippen MR) is 125 cm³/mol. The Balaban J connectivity index is 1.63. The summed E-state index contributed by atoms with van der Waals surface area (Å²) in [6, 6.07) is 8.37. The van der Waals surface area contributed by atoms with E-state index in [-0.39, 0.29) is 11.7 Å². The van der Waals surface area contributed by atoms with Crippen LogP contribution in [0.2, 0.25) is 0 Å². The standard InChI is InChI=1S/C24H30N6O/c1-29(2)16-11-9-15(10-12-16)19-20-17(7-6-8-18(20)31)26-23-21(19)22(25)27-24(28-23)30-13-4-3-5-14-30/h9-12,19H,3-8,13-14H2,1-2H3,(H3,25,26,27,28)/t19-/m1/s1. The van der Waals surface area contributed by atoms with Gasteiger partial charge in [0.2, 0.25) is 5.95 Å². The van der Waals surface area contributed by atoms with Crippen LogP contribution in [0, 0.1) is 0 Å². The van der Waals surface area contributed by atoms with Crippen molar-refractivity contribution in [3.63, 3.8) is 0 Å². The first-order valence-electron chi connectivity index (χ1n) is 11.3. The van der Waals surface area contributed by atoms with Crippen LogP contribution in [-0.4, -0.2) is 42.9 Å². The van der Waals surface area contributed by atoms with Crippen LogP contribution in [0.5, 0.6) is 0 Å². The smallest absolute Gasteiger partial charge is 0.229 e. The number of nitrogens with two attached hydrogens (primary N) is 1. The fourth-order valence-electron chi connectivity index (χ4n) is 5.00. The predicted octanol–water partition coefficient (Wildman–Crippen LogP) is 3.68. The number of hydrogen-bond donors (Lipinski definition) is 2. The Morgan fingerprint density at radius 3 is 2.48 bits per heavy atom. The summed E-state index contributed by atoms with van der Waals surface area (Å²) >= 11 is 0. The topological polar surface area (TPSA) is 87.4 Å². The molecule has 0 bridgehead atoms. The van der Waals surface area contributed by atoms with Crippen molar-refractivity contribution in [3.05, 3.63) is 46.7 Å². The second kappa shape index (κ2) is 7.87. The van der Waals surface area contributed by atoms with Gasteiger partial charge in [-0.1, -0.05) is 12.1 Å². The molecule has 3 N–H and O–H groups in total. The zero-order valence-corrected chi connectivity index (χ0v) is 18.3. The fourth-order valence-corrected chi connectivity index (χ4v) is 5.00. The van der Waals surface area contributed by atoms with Gasteiger partial charge in [-0.25, -0.2) is 0 Å². The number of anilines is 4. The first-order valence-corrected chi connectivity index (χ1v) is 11.3. The van der Waals surface area contributed by atoms with Gasteiger partial charge in [0, 0.05) is 62.0 Å². The molecule has 3 aliphatic rings. The number of piperidine rings is 1. The number of nitrogen functional groups attached to an aromatic ring is 1. The van der Waals surface area contributed by atoms with Crippen LogP contribution in [-0.2, 0) is 4.79 Å². The third kappa shape index (κ3) is 3.52. The summed E-state index contributed by atoms with van der Waals surface area (Å²) in [6.45, 7) is 1.92. The SMILES string of the molecule is CN(C)c1ccc([C@@H]2C3=C(CCCC3=O)Nc3nc(N4CCCCC4)nc(N)c32)cc1. The summed E-state index contributed by atoms with van der Waals surface area (Å²) in [4.78, 5) is 26.9. The van der Waals surface area contributed by atoms with E-state index in [0.717, 1.165) is 72.7 Å². The normalized spacial score (nSPS) is 20.8. The van der Waals surface area contributed by atoms with E-state index in [2.05, 4.69) is 39.4 Å². The molecule has 7 nitrogen and oxygen atoms in total. The Kier molecular flexibility index (Phi) is 5.04. The third-order valence-electron chi connectivity index (χ3n) is 6.65. The molecule has 3 heterocycles. The monoisotopic (exact) mass is 418 g/mol. The number of aromatic nitrogens is 2. The maximum Gasteiger partial charge on any atom is 0.229 e. The van der Waals surface area contributed by atoms with Gasteiger partial charge in [0.05, 0.1) is 0 Å². The van der Waals surface area contributed by atoms with E-state index in [0.29, 0.717) is 18.2 Å². The highest BCUT2D eigenvalue weighted by atomic mass is 16.1. The van der Waals surface area contributed by atoms with Crippen molar-refractivity contribution in [2.24, 2.45) is 0 Å². The molecule has 0 radical (unpaired) electrons. The average Bonchev–Trinajstić information content (AvgIpc) is 2.78. The minimum absolute atomic E-state index is 0.195. The lowest BCUT2D eigenvalue weighted by Gasteiger charge is -2.35. The number of benzene rings is 1. The second-order valence-electron chi connectivity index (χ2n) is 8.93. The number of fused-ring (bicyclic) bond motifs is 1. The largest absolute Gasteiger partial charge is 0.383 e. The number of rotatable bonds is 3. The Labute approximate surface area is 183 Å². The molecule has 1 aromatic heterocycles. The molecule has 0 unspecified atom stereocenters. The van der Waals surface area contributed by atoms with E-state index < -0.39 is 0 Å². The Morgan fingerprint density at radius 2 is 1.77 bits per heavy atom. The highest BCUT2D eigenvalue weighted by molar-refractivity contribution is 6.01. The van der Waals surface area contributed by atoms with Crippen molar-refractivity contribution in [2.45, 2.75) is 44.4 Å². The van der Waals surface area contributed by atoms with Crippen LogP contribution in [0.25, 0.3) is 0 Å². The van der Waals surface area contributed by atoms with Crippen molar-refractivity contribution in [1.29, 1.82) is 0 Å². The number of carbonyl (C=O) groups is 1. The maximum absolute atomic E-state index is 13.0. The molecule has 1 atom stereocenters. The first-order chi connectivity index (χ1) is 15.0. The Morgan fingerprint density at radius 1 is 1.03 bits per heavy atom. The molecule has 7 heteroatoms. The minimum Gasteiger partial charge on any atom is -0.383 e. The quantitative estimate of drug-likeness (QED) is 0.786. The first kappa shape index (κ1) is 19.8. The molecule has 5 rings (SSSR count). The number of carbonyl (C=O) groups excluding carboxylic acids is 1. The van der Waals surface area contributed by atoms with Crippen molar-refractivity contribution in [3.8, 4) is 0 Å². The van der Waals surface area contributed by atoms with E-state index in [1.807, 2.05) is 14.1 Å². The van der Waals surface area contributed by atoms with Gasteiger partial charge in [0.1, 0.15) is 11.6 Å². The molecule has 31 heavy (non-hydrogen) atoms. The molecular formula is C24H30N6O. The van der Waals surface area contributed by atoms with Gasteiger partial charge in [-0.2, -0.15) is 9.97 Å². The van der Waals surface area contributed by atoms with Crippen molar-refractivity contribution in [1.82, 2.24) is 9.97 Å². The summed E-state index contributed by atoms with van der Waals surface area (Å²) in [5, 5.41) is 3.47. The van der Waals surface area contributed by atoms with Crippen LogP contribution in [0.1, 0.15) is 55.6 Å². The molecule has 0 spiro atoms.